The maximum absolute atomic E-state index is 11.3. The fraction of sp³-hybridized carbons (Fsp3) is 0.471. The number of carbonyl (C=O) groups excluding carboxylic acids is 2. The number of carbonyl (C=O) groups is 2. The van der Waals surface area contributed by atoms with Crippen LogP contribution in [0.4, 0.5) is 5.82 Å². The molecule has 0 bridgehead atoms. The van der Waals surface area contributed by atoms with E-state index in [-0.39, 0.29) is 11.6 Å². The molecule has 124 valence electrons. The van der Waals surface area contributed by atoms with Crippen molar-refractivity contribution in [1.82, 2.24) is 9.88 Å². The highest BCUT2D eigenvalue weighted by Gasteiger charge is 2.18. The normalized spacial score (nSPS) is 16.4. The molecule has 0 aromatic carbocycles. The van der Waals surface area contributed by atoms with Gasteiger partial charge in [-0.1, -0.05) is 0 Å². The zero-order valence-electron chi connectivity index (χ0n) is 13.8. The zero-order valence-corrected chi connectivity index (χ0v) is 13.8. The molecule has 1 aliphatic heterocycles. The summed E-state index contributed by atoms with van der Waals surface area (Å²) in [4.78, 5) is 31.2. The number of hydrogen-bond acceptors (Lipinski definition) is 6. The molecule has 1 aromatic rings. The Labute approximate surface area is 137 Å². The third-order valence-corrected chi connectivity index (χ3v) is 3.96. The molecule has 6 nitrogen and oxygen atoms in total. The molecule has 2 N–H and O–H groups in total. The lowest BCUT2D eigenvalue weighted by Crippen LogP contribution is -2.47. The fourth-order valence-electron chi connectivity index (χ4n) is 2.60. The van der Waals surface area contributed by atoms with Crippen molar-refractivity contribution in [2.24, 2.45) is 5.73 Å². The van der Waals surface area contributed by atoms with Crippen LogP contribution in [0.15, 0.2) is 30.1 Å². The number of nitrogens with zero attached hydrogens (tertiary/aromatic N) is 3. The third-order valence-electron chi connectivity index (χ3n) is 3.96. The van der Waals surface area contributed by atoms with Crippen LogP contribution < -0.4 is 10.6 Å². The summed E-state index contributed by atoms with van der Waals surface area (Å²) in [5.74, 6) is 0.933. The van der Waals surface area contributed by atoms with Crippen molar-refractivity contribution in [3.05, 3.63) is 35.7 Å². The molecule has 6 heteroatoms. The number of hydrogen-bond donors (Lipinski definition) is 1. The Balaban J connectivity index is 1.81. The maximum atomic E-state index is 11.3. The summed E-state index contributed by atoms with van der Waals surface area (Å²) in [6.07, 6.45) is 3.85. The predicted octanol–water partition coefficient (Wildman–Crippen LogP) is 1.23. The van der Waals surface area contributed by atoms with Crippen LogP contribution in [0.2, 0.25) is 0 Å². The molecule has 0 amide bonds. The first-order chi connectivity index (χ1) is 11.0. The Bertz CT molecular complexity index is 587. The van der Waals surface area contributed by atoms with Gasteiger partial charge in [-0.05, 0) is 38.5 Å². The molecule has 1 aromatic heterocycles. The number of aromatic nitrogens is 1. The lowest BCUT2D eigenvalue weighted by molar-refractivity contribution is -0.112. The van der Waals surface area contributed by atoms with Crippen LogP contribution in [-0.4, -0.2) is 54.2 Å². The van der Waals surface area contributed by atoms with Crippen molar-refractivity contribution in [3.8, 4) is 0 Å². The Morgan fingerprint density at radius 1 is 1.22 bits per heavy atom. The Morgan fingerprint density at radius 3 is 2.43 bits per heavy atom. The van der Waals surface area contributed by atoms with Gasteiger partial charge in [-0.2, -0.15) is 0 Å². The van der Waals surface area contributed by atoms with Crippen molar-refractivity contribution in [2.75, 3.05) is 37.6 Å². The summed E-state index contributed by atoms with van der Waals surface area (Å²) >= 11 is 0. The van der Waals surface area contributed by atoms with Gasteiger partial charge in [0.15, 0.2) is 11.6 Å². The van der Waals surface area contributed by atoms with Gasteiger partial charge >= 0.3 is 0 Å². The van der Waals surface area contributed by atoms with E-state index in [1.807, 2.05) is 12.1 Å². The number of Topliss-reactive ketones (excluding diaryl/α,β-unsaturated/α-hetero) is 1. The molecule has 23 heavy (non-hydrogen) atoms. The first kappa shape index (κ1) is 17.1. The van der Waals surface area contributed by atoms with Crippen LogP contribution in [-0.2, 0) is 4.79 Å². The lowest BCUT2D eigenvalue weighted by Gasteiger charge is -2.35. The summed E-state index contributed by atoms with van der Waals surface area (Å²) < 4.78 is 0. The van der Waals surface area contributed by atoms with E-state index in [1.165, 1.54) is 13.0 Å². The van der Waals surface area contributed by atoms with E-state index in [2.05, 4.69) is 14.8 Å². The Kier molecular flexibility index (Phi) is 5.87. The zero-order chi connectivity index (χ0) is 16.8. The van der Waals surface area contributed by atoms with Crippen LogP contribution in [0.3, 0.4) is 0 Å². The molecule has 2 heterocycles. The van der Waals surface area contributed by atoms with Crippen molar-refractivity contribution >= 4 is 17.4 Å². The first-order valence-electron chi connectivity index (χ1n) is 7.86. The second kappa shape index (κ2) is 7.87. The Hall–Kier alpha value is -2.21. The minimum Gasteiger partial charge on any atom is -0.402 e. The molecule has 0 saturated carbocycles. The van der Waals surface area contributed by atoms with Crippen LogP contribution in [0.5, 0.6) is 0 Å². The molecule has 0 unspecified atom stereocenters. The highest BCUT2D eigenvalue weighted by molar-refractivity contribution is 5.93. The van der Waals surface area contributed by atoms with Gasteiger partial charge in [0.05, 0.1) is 0 Å². The monoisotopic (exact) mass is 316 g/mol. The standard InChI is InChI=1S/C17H24N4O2/c1-13(22)11-16(18)5-6-20-7-9-21(10-8-20)17-4-3-15(12-19-17)14(2)23/h3-4,11-12H,5-10,18H2,1-2H3. The highest BCUT2D eigenvalue weighted by atomic mass is 16.1. The minimum atomic E-state index is -0.00704. The van der Waals surface area contributed by atoms with Crippen LogP contribution in [0.25, 0.3) is 0 Å². The van der Waals surface area contributed by atoms with E-state index in [0.29, 0.717) is 17.7 Å². The smallest absolute Gasteiger partial charge is 0.161 e. The first-order valence-corrected chi connectivity index (χ1v) is 7.86. The number of allylic oxidation sites excluding steroid dienone is 1. The van der Waals surface area contributed by atoms with Gasteiger partial charge in [0.2, 0.25) is 0 Å². The third kappa shape index (κ3) is 5.17. The second-order valence-electron chi connectivity index (χ2n) is 5.87. The van der Waals surface area contributed by atoms with E-state index in [9.17, 15) is 9.59 Å². The number of anilines is 1. The average molecular weight is 316 g/mol. The van der Waals surface area contributed by atoms with Crippen LogP contribution >= 0.6 is 0 Å². The summed E-state index contributed by atoms with van der Waals surface area (Å²) in [6, 6.07) is 3.73. The van der Waals surface area contributed by atoms with E-state index < -0.39 is 0 Å². The largest absolute Gasteiger partial charge is 0.402 e. The van der Waals surface area contributed by atoms with E-state index in [1.54, 1.807) is 13.1 Å². The molecule has 0 radical (unpaired) electrons. The highest BCUT2D eigenvalue weighted by Crippen LogP contribution is 2.14. The van der Waals surface area contributed by atoms with Gasteiger partial charge < -0.3 is 10.6 Å². The van der Waals surface area contributed by atoms with E-state index in [4.69, 9.17) is 5.73 Å². The van der Waals surface area contributed by atoms with Crippen molar-refractivity contribution < 1.29 is 9.59 Å². The topological polar surface area (TPSA) is 79.5 Å². The summed E-state index contributed by atoms with van der Waals surface area (Å²) in [5, 5.41) is 0. The van der Waals surface area contributed by atoms with Gasteiger partial charge in [0.1, 0.15) is 5.82 Å². The number of nitrogens with two attached hydrogens (primary N) is 1. The SMILES string of the molecule is CC(=O)C=C(N)CCN1CCN(c2ccc(C(C)=O)cn2)CC1. The van der Waals surface area contributed by atoms with Gasteiger partial charge in [-0.15, -0.1) is 0 Å². The number of piperazine rings is 1. The molecule has 1 fully saturated rings. The fourth-order valence-corrected chi connectivity index (χ4v) is 2.60. The van der Waals surface area contributed by atoms with E-state index >= 15 is 0 Å². The quantitative estimate of drug-likeness (QED) is 0.628. The number of ketones is 2. The minimum absolute atomic E-state index is 0.00704. The average Bonchev–Trinajstić information content (AvgIpc) is 2.53. The number of rotatable bonds is 6. The summed E-state index contributed by atoms with van der Waals surface area (Å²) in [6.45, 7) is 7.57. The lowest BCUT2D eigenvalue weighted by atomic mass is 10.2. The molecule has 0 atom stereocenters. The molecule has 2 rings (SSSR count). The van der Waals surface area contributed by atoms with Gasteiger partial charge in [0, 0.05) is 50.2 Å². The molecule has 0 aliphatic carbocycles. The van der Waals surface area contributed by atoms with Gasteiger partial charge in [-0.3, -0.25) is 14.5 Å². The van der Waals surface area contributed by atoms with Crippen molar-refractivity contribution in [1.29, 1.82) is 0 Å². The van der Waals surface area contributed by atoms with Gasteiger partial charge in [-0.25, -0.2) is 4.98 Å². The predicted molar refractivity (Wildman–Crippen MR) is 90.5 cm³/mol. The number of pyridine rings is 1. The van der Waals surface area contributed by atoms with Crippen molar-refractivity contribution in [3.63, 3.8) is 0 Å². The molecule has 1 saturated heterocycles. The molecular formula is C17H24N4O2. The maximum Gasteiger partial charge on any atom is 0.161 e. The van der Waals surface area contributed by atoms with E-state index in [0.717, 1.165) is 38.5 Å². The van der Waals surface area contributed by atoms with Gasteiger partial charge in [0.25, 0.3) is 0 Å². The van der Waals surface area contributed by atoms with Crippen LogP contribution in [0, 0.1) is 0 Å². The second-order valence-corrected chi connectivity index (χ2v) is 5.87. The van der Waals surface area contributed by atoms with Crippen molar-refractivity contribution in [2.45, 2.75) is 20.3 Å². The molecular weight excluding hydrogens is 292 g/mol. The summed E-state index contributed by atoms with van der Waals surface area (Å²) in [5.41, 5.74) is 7.09. The molecule has 0 spiro atoms. The summed E-state index contributed by atoms with van der Waals surface area (Å²) in [7, 11) is 0. The van der Waals surface area contributed by atoms with Crippen LogP contribution in [0.1, 0.15) is 30.6 Å². The Morgan fingerprint density at radius 2 is 1.91 bits per heavy atom. The molecule has 1 aliphatic rings.